The number of carboxylic acid groups (broad SMARTS) is 1. The van der Waals surface area contributed by atoms with Crippen molar-refractivity contribution in [3.63, 3.8) is 0 Å². The highest BCUT2D eigenvalue weighted by Gasteiger charge is 2.30. The van der Waals surface area contributed by atoms with E-state index in [0.29, 0.717) is 40.1 Å². The predicted molar refractivity (Wildman–Crippen MR) is 148 cm³/mol. The van der Waals surface area contributed by atoms with Crippen molar-refractivity contribution in [2.75, 3.05) is 18.4 Å². The zero-order valence-corrected chi connectivity index (χ0v) is 23.2. The summed E-state index contributed by atoms with van der Waals surface area (Å²) in [5, 5.41) is 13.0. The van der Waals surface area contributed by atoms with E-state index >= 15 is 0 Å². The number of carboxylic acids is 1. The van der Waals surface area contributed by atoms with E-state index in [1.807, 2.05) is 11.6 Å². The van der Waals surface area contributed by atoms with Crippen LogP contribution in [0, 0.1) is 11.8 Å². The monoisotopic (exact) mass is 575 g/mol. The van der Waals surface area contributed by atoms with Crippen LogP contribution in [0.3, 0.4) is 0 Å². The number of carbonyl (C=O) groups is 2. The smallest absolute Gasteiger partial charge is 0.306 e. The number of anilines is 1. The summed E-state index contributed by atoms with van der Waals surface area (Å²) in [5.74, 6) is -0.408. The van der Waals surface area contributed by atoms with Crippen molar-refractivity contribution in [1.82, 2.24) is 19.4 Å². The molecule has 0 bridgehead atoms. The first-order chi connectivity index (χ1) is 18.2. The zero-order chi connectivity index (χ0) is 27.0. The molecule has 0 atom stereocenters. The van der Waals surface area contributed by atoms with E-state index in [4.69, 9.17) is 39.8 Å². The van der Waals surface area contributed by atoms with E-state index in [9.17, 15) is 14.7 Å². The maximum atomic E-state index is 13.3. The second-order valence-electron chi connectivity index (χ2n) is 10.0. The Morgan fingerprint density at radius 2 is 1.82 bits per heavy atom. The number of aromatic nitrogens is 3. The summed E-state index contributed by atoms with van der Waals surface area (Å²) in [6, 6.07) is 7.03. The minimum absolute atomic E-state index is 0.176. The molecule has 1 fully saturated rings. The second kappa shape index (κ2) is 11.2. The largest absolute Gasteiger partial charge is 0.481 e. The number of nitrogens with one attached hydrogen (secondary N) is 1. The molecule has 0 unspecified atom stereocenters. The number of nitrogens with zero attached hydrogens (tertiary/aromatic N) is 4. The molecule has 2 aliphatic rings. The lowest BCUT2D eigenvalue weighted by Gasteiger charge is -2.33. The van der Waals surface area contributed by atoms with Gasteiger partial charge in [0.25, 0.3) is 5.91 Å². The van der Waals surface area contributed by atoms with Crippen LogP contribution in [0.5, 0.6) is 0 Å². The van der Waals surface area contributed by atoms with Gasteiger partial charge in [0.15, 0.2) is 5.82 Å². The highest BCUT2D eigenvalue weighted by atomic mass is 35.5. The average molecular weight is 577 g/mol. The molecule has 3 aromatic rings. The maximum Gasteiger partial charge on any atom is 0.306 e. The quantitative estimate of drug-likeness (QED) is 0.352. The van der Waals surface area contributed by atoms with Crippen LogP contribution in [0.15, 0.2) is 30.5 Å². The molecule has 1 amide bonds. The van der Waals surface area contributed by atoms with Gasteiger partial charge in [-0.05, 0) is 43.7 Å². The number of imidazole rings is 1. The lowest BCUT2D eigenvalue weighted by atomic mass is 9.81. The van der Waals surface area contributed by atoms with Crippen molar-refractivity contribution >= 4 is 52.4 Å². The fraction of sp³-hybridized carbons (Fsp3) is 0.407. The summed E-state index contributed by atoms with van der Waals surface area (Å²) >= 11 is 19.1. The van der Waals surface area contributed by atoms with Gasteiger partial charge >= 0.3 is 5.97 Å². The molecule has 11 heteroatoms. The van der Waals surface area contributed by atoms with E-state index in [0.717, 1.165) is 56.6 Å². The third-order valence-corrected chi connectivity index (χ3v) is 8.81. The molecule has 1 saturated carbocycles. The molecule has 0 spiro atoms. The Labute approximate surface area is 235 Å². The average Bonchev–Trinajstić information content (AvgIpc) is 3.23. The van der Waals surface area contributed by atoms with Crippen molar-refractivity contribution in [3.8, 4) is 11.1 Å². The number of amides is 1. The van der Waals surface area contributed by atoms with Gasteiger partial charge in [0, 0.05) is 56.1 Å². The zero-order valence-electron chi connectivity index (χ0n) is 20.9. The van der Waals surface area contributed by atoms with E-state index in [1.54, 1.807) is 30.5 Å². The van der Waals surface area contributed by atoms with E-state index < -0.39 is 5.97 Å². The van der Waals surface area contributed by atoms with Gasteiger partial charge in [-0.2, -0.15) is 0 Å². The second-order valence-corrected chi connectivity index (χ2v) is 11.1. The standard InChI is InChI=1S/C27H28Cl3N5O3/c1-34-21-10-12-35(13-15-5-7-16(8-6-15)27(37)38)14-20(21)32-25(34)26(36)33-19-4-2-3-17(22(19)28)18-9-11-31-24(30)23(18)29/h2-4,9,11,15-16H,5-8,10,12-14H2,1H3,(H,33,36)(H,37,38)/t15-,16+. The minimum atomic E-state index is -0.677. The fourth-order valence-electron chi connectivity index (χ4n) is 5.54. The summed E-state index contributed by atoms with van der Waals surface area (Å²) in [7, 11) is 1.86. The molecule has 0 saturated heterocycles. The van der Waals surface area contributed by atoms with Crippen molar-refractivity contribution in [1.29, 1.82) is 0 Å². The van der Waals surface area contributed by atoms with Crippen molar-refractivity contribution in [2.24, 2.45) is 18.9 Å². The number of rotatable bonds is 6. The van der Waals surface area contributed by atoms with Crippen LogP contribution >= 0.6 is 34.8 Å². The molecule has 0 radical (unpaired) electrons. The van der Waals surface area contributed by atoms with Gasteiger partial charge < -0.3 is 15.0 Å². The van der Waals surface area contributed by atoms with Crippen LogP contribution < -0.4 is 5.32 Å². The third-order valence-electron chi connectivity index (χ3n) is 7.63. The Hall–Kier alpha value is -2.65. The van der Waals surface area contributed by atoms with Crippen LogP contribution in [-0.2, 0) is 24.8 Å². The Bertz CT molecular complexity index is 1380. The number of aliphatic carboxylic acids is 1. The summed E-state index contributed by atoms with van der Waals surface area (Å²) in [4.78, 5) is 35.6. The predicted octanol–water partition coefficient (Wildman–Crippen LogP) is 5.94. The molecule has 1 aliphatic carbocycles. The number of hydrogen-bond acceptors (Lipinski definition) is 5. The first kappa shape index (κ1) is 26.9. The van der Waals surface area contributed by atoms with Gasteiger partial charge in [0.2, 0.25) is 0 Å². The molecule has 1 aliphatic heterocycles. The minimum Gasteiger partial charge on any atom is -0.481 e. The van der Waals surface area contributed by atoms with E-state index in [1.165, 1.54) is 0 Å². The summed E-state index contributed by atoms with van der Waals surface area (Å²) in [6.07, 6.45) is 5.72. The van der Waals surface area contributed by atoms with E-state index in [-0.39, 0.29) is 22.0 Å². The molecule has 2 aromatic heterocycles. The van der Waals surface area contributed by atoms with Crippen molar-refractivity contribution in [2.45, 2.75) is 38.6 Å². The first-order valence-corrected chi connectivity index (χ1v) is 13.8. The maximum absolute atomic E-state index is 13.3. The third kappa shape index (κ3) is 5.41. The van der Waals surface area contributed by atoms with Gasteiger partial charge in [0.05, 0.1) is 27.3 Å². The molecular formula is C27H28Cl3N5O3. The Morgan fingerprint density at radius 1 is 1.08 bits per heavy atom. The summed E-state index contributed by atoms with van der Waals surface area (Å²) in [6.45, 7) is 2.48. The molecular weight excluding hydrogens is 549 g/mol. The summed E-state index contributed by atoms with van der Waals surface area (Å²) in [5.41, 5.74) is 3.65. The fourth-order valence-corrected chi connectivity index (χ4v) is 6.19. The number of pyridine rings is 1. The van der Waals surface area contributed by atoms with Crippen LogP contribution in [0.2, 0.25) is 15.2 Å². The SMILES string of the molecule is Cn1c(C(=O)Nc2cccc(-c3ccnc(Cl)c3Cl)c2Cl)nc2c1CCN(C[C@H]1CC[C@@H](C(=O)O)CC1)C2. The number of benzene rings is 1. The number of hydrogen-bond donors (Lipinski definition) is 2. The Morgan fingerprint density at radius 3 is 2.55 bits per heavy atom. The van der Waals surface area contributed by atoms with Crippen molar-refractivity contribution in [3.05, 3.63) is 62.9 Å². The summed E-state index contributed by atoms with van der Waals surface area (Å²) < 4.78 is 1.86. The molecule has 3 heterocycles. The van der Waals surface area contributed by atoms with Crippen LogP contribution in [-0.4, -0.2) is 49.5 Å². The normalized spacial score (nSPS) is 19.7. The Balaban J connectivity index is 1.28. The molecule has 1 aromatic carbocycles. The highest BCUT2D eigenvalue weighted by molar-refractivity contribution is 6.44. The van der Waals surface area contributed by atoms with Gasteiger partial charge in [-0.1, -0.05) is 46.9 Å². The van der Waals surface area contributed by atoms with E-state index in [2.05, 4.69) is 15.2 Å². The van der Waals surface area contributed by atoms with Crippen LogP contribution in [0.25, 0.3) is 11.1 Å². The molecule has 5 rings (SSSR count). The molecule has 200 valence electrons. The van der Waals surface area contributed by atoms with Gasteiger partial charge in [-0.3, -0.25) is 14.5 Å². The number of carbonyl (C=O) groups excluding carboxylic acids is 1. The van der Waals surface area contributed by atoms with Crippen molar-refractivity contribution < 1.29 is 14.7 Å². The molecule has 38 heavy (non-hydrogen) atoms. The molecule has 8 nitrogen and oxygen atoms in total. The van der Waals surface area contributed by atoms with Crippen LogP contribution in [0.1, 0.15) is 47.7 Å². The lowest BCUT2D eigenvalue weighted by molar-refractivity contribution is -0.143. The van der Waals surface area contributed by atoms with Crippen LogP contribution in [0.4, 0.5) is 5.69 Å². The van der Waals surface area contributed by atoms with Gasteiger partial charge in [0.1, 0.15) is 5.15 Å². The van der Waals surface area contributed by atoms with Gasteiger partial charge in [-0.15, -0.1) is 0 Å². The Kier molecular flexibility index (Phi) is 7.95. The molecule has 2 N–H and O–H groups in total. The van der Waals surface area contributed by atoms with Gasteiger partial charge in [-0.25, -0.2) is 9.97 Å². The first-order valence-electron chi connectivity index (χ1n) is 12.6. The number of halogens is 3. The highest BCUT2D eigenvalue weighted by Crippen LogP contribution is 2.39. The number of fused-ring (bicyclic) bond motifs is 1. The lowest BCUT2D eigenvalue weighted by Crippen LogP contribution is -2.36. The topological polar surface area (TPSA) is 100 Å².